The predicted octanol–water partition coefficient (Wildman–Crippen LogP) is 1.73. The van der Waals surface area contributed by atoms with E-state index in [9.17, 15) is 4.79 Å². The van der Waals surface area contributed by atoms with Gasteiger partial charge in [-0.2, -0.15) is 5.10 Å². The molecule has 82 valence electrons. The van der Waals surface area contributed by atoms with Gasteiger partial charge in [0, 0.05) is 18.7 Å². The van der Waals surface area contributed by atoms with Crippen molar-refractivity contribution in [2.45, 2.75) is 33.2 Å². The van der Waals surface area contributed by atoms with Crippen LogP contribution < -0.4 is 0 Å². The Kier molecular flexibility index (Phi) is 2.10. The summed E-state index contributed by atoms with van der Waals surface area (Å²) in [7, 11) is 0. The van der Waals surface area contributed by atoms with E-state index in [1.807, 2.05) is 37.7 Å². The molecule has 1 aliphatic carbocycles. The van der Waals surface area contributed by atoms with E-state index in [-0.39, 0.29) is 17.3 Å². The highest BCUT2D eigenvalue weighted by atomic mass is 16.4. The molecule has 1 aromatic heterocycles. The third-order valence-electron chi connectivity index (χ3n) is 3.40. The Morgan fingerprint density at radius 1 is 1.67 bits per heavy atom. The largest absolute Gasteiger partial charge is 0.481 e. The monoisotopic (exact) mass is 208 g/mol. The van der Waals surface area contributed by atoms with Gasteiger partial charge in [0.1, 0.15) is 0 Å². The Bertz CT molecular complexity index is 395. The number of carboxylic acid groups (broad SMARTS) is 1. The number of aliphatic carboxylic acids is 1. The zero-order valence-corrected chi connectivity index (χ0v) is 9.27. The van der Waals surface area contributed by atoms with Crippen LogP contribution >= 0.6 is 0 Å². The van der Waals surface area contributed by atoms with Crippen molar-refractivity contribution in [1.82, 2.24) is 9.78 Å². The van der Waals surface area contributed by atoms with E-state index in [0.717, 1.165) is 12.2 Å². The van der Waals surface area contributed by atoms with Crippen LogP contribution in [0.5, 0.6) is 0 Å². The lowest BCUT2D eigenvalue weighted by atomic mass is 10.1. The highest BCUT2D eigenvalue weighted by molar-refractivity contribution is 5.77. The molecule has 0 aromatic carbocycles. The molecule has 2 unspecified atom stereocenters. The SMILES string of the molecule is CCn1ccc(C2C(C(=O)O)C2(C)C)n1. The maximum atomic E-state index is 11.0. The minimum Gasteiger partial charge on any atom is -0.481 e. The zero-order chi connectivity index (χ0) is 11.2. The minimum absolute atomic E-state index is 0.0720. The second-order valence-electron chi connectivity index (χ2n) is 4.71. The first-order valence-corrected chi connectivity index (χ1v) is 5.24. The molecule has 1 aliphatic rings. The summed E-state index contributed by atoms with van der Waals surface area (Å²) >= 11 is 0. The lowest BCUT2D eigenvalue weighted by Gasteiger charge is -1.98. The van der Waals surface area contributed by atoms with Gasteiger partial charge in [0.2, 0.25) is 0 Å². The van der Waals surface area contributed by atoms with E-state index in [0.29, 0.717) is 0 Å². The van der Waals surface area contributed by atoms with Gasteiger partial charge in [-0.3, -0.25) is 9.48 Å². The summed E-state index contributed by atoms with van der Waals surface area (Å²) in [5.74, 6) is -0.920. The molecule has 2 atom stereocenters. The molecule has 2 rings (SSSR count). The van der Waals surface area contributed by atoms with E-state index < -0.39 is 5.97 Å². The van der Waals surface area contributed by atoms with E-state index in [1.165, 1.54) is 0 Å². The minimum atomic E-state index is -0.712. The molecule has 1 aromatic rings. The first-order chi connectivity index (χ1) is 6.98. The summed E-state index contributed by atoms with van der Waals surface area (Å²) < 4.78 is 1.84. The lowest BCUT2D eigenvalue weighted by Crippen LogP contribution is -2.03. The van der Waals surface area contributed by atoms with Crippen molar-refractivity contribution in [2.24, 2.45) is 11.3 Å². The van der Waals surface area contributed by atoms with Crippen LogP contribution in [-0.4, -0.2) is 20.9 Å². The Hall–Kier alpha value is -1.32. The quantitative estimate of drug-likeness (QED) is 0.823. The smallest absolute Gasteiger partial charge is 0.307 e. The van der Waals surface area contributed by atoms with E-state index in [1.54, 1.807) is 0 Å². The Morgan fingerprint density at radius 2 is 2.33 bits per heavy atom. The average Bonchev–Trinajstić information content (AvgIpc) is 2.59. The highest BCUT2D eigenvalue weighted by Crippen LogP contribution is 2.63. The Labute approximate surface area is 88.9 Å². The number of nitrogens with zero attached hydrogens (tertiary/aromatic N) is 2. The number of carboxylic acids is 1. The van der Waals surface area contributed by atoms with Crippen LogP contribution in [0.4, 0.5) is 0 Å². The standard InChI is InChI=1S/C11H16N2O2/c1-4-13-6-5-7(12-13)8-9(10(14)15)11(8,2)3/h5-6,8-9H,4H2,1-3H3,(H,14,15). The molecular weight excluding hydrogens is 192 g/mol. The highest BCUT2D eigenvalue weighted by Gasteiger charge is 2.63. The van der Waals surface area contributed by atoms with Crippen molar-refractivity contribution in [1.29, 1.82) is 0 Å². The second kappa shape index (κ2) is 3.08. The van der Waals surface area contributed by atoms with Gasteiger partial charge in [-0.1, -0.05) is 13.8 Å². The first kappa shape index (κ1) is 10.2. The fraction of sp³-hybridized carbons (Fsp3) is 0.636. The molecule has 15 heavy (non-hydrogen) atoms. The van der Waals surface area contributed by atoms with Crippen molar-refractivity contribution in [3.05, 3.63) is 18.0 Å². The fourth-order valence-electron chi connectivity index (χ4n) is 2.37. The first-order valence-electron chi connectivity index (χ1n) is 5.24. The van der Waals surface area contributed by atoms with Crippen LogP contribution in [0.2, 0.25) is 0 Å². The number of aromatic nitrogens is 2. The average molecular weight is 208 g/mol. The maximum Gasteiger partial charge on any atom is 0.307 e. The fourth-order valence-corrected chi connectivity index (χ4v) is 2.37. The molecule has 0 aliphatic heterocycles. The molecule has 1 heterocycles. The third kappa shape index (κ3) is 1.44. The number of rotatable bonds is 3. The van der Waals surface area contributed by atoms with Gasteiger partial charge < -0.3 is 5.11 Å². The molecule has 0 spiro atoms. The summed E-state index contributed by atoms with van der Waals surface area (Å²) in [4.78, 5) is 11.0. The molecule has 1 N–H and O–H groups in total. The van der Waals surface area contributed by atoms with Gasteiger partial charge in [-0.05, 0) is 18.4 Å². The van der Waals surface area contributed by atoms with E-state index in [4.69, 9.17) is 5.11 Å². The molecule has 1 fully saturated rings. The zero-order valence-electron chi connectivity index (χ0n) is 9.27. The van der Waals surface area contributed by atoms with Crippen molar-refractivity contribution in [3.8, 4) is 0 Å². The molecule has 4 nitrogen and oxygen atoms in total. The summed E-state index contributed by atoms with van der Waals surface area (Å²) in [6.45, 7) is 6.82. The predicted molar refractivity (Wildman–Crippen MR) is 55.5 cm³/mol. The molecule has 0 amide bonds. The summed E-state index contributed by atoms with van der Waals surface area (Å²) in [5, 5.41) is 13.4. The van der Waals surface area contributed by atoms with Gasteiger partial charge in [-0.25, -0.2) is 0 Å². The molecule has 4 heteroatoms. The topological polar surface area (TPSA) is 55.1 Å². The van der Waals surface area contributed by atoms with Crippen LogP contribution in [0.1, 0.15) is 32.4 Å². The maximum absolute atomic E-state index is 11.0. The van der Waals surface area contributed by atoms with Gasteiger partial charge in [0.05, 0.1) is 11.6 Å². The Balaban J connectivity index is 2.23. The third-order valence-corrected chi connectivity index (χ3v) is 3.40. The molecule has 0 bridgehead atoms. The second-order valence-corrected chi connectivity index (χ2v) is 4.71. The number of hydrogen-bond donors (Lipinski definition) is 1. The van der Waals surface area contributed by atoms with Crippen LogP contribution in [-0.2, 0) is 11.3 Å². The molecular formula is C11H16N2O2. The summed E-state index contributed by atoms with van der Waals surface area (Å²) in [6.07, 6.45) is 1.91. The lowest BCUT2D eigenvalue weighted by molar-refractivity contribution is -0.139. The van der Waals surface area contributed by atoms with E-state index in [2.05, 4.69) is 5.10 Å². The number of aryl methyl sites for hydroxylation is 1. The van der Waals surface area contributed by atoms with Gasteiger partial charge in [0.15, 0.2) is 0 Å². The molecule has 1 saturated carbocycles. The molecule has 0 radical (unpaired) electrons. The van der Waals surface area contributed by atoms with Crippen molar-refractivity contribution >= 4 is 5.97 Å². The van der Waals surface area contributed by atoms with Crippen LogP contribution in [0.3, 0.4) is 0 Å². The summed E-state index contributed by atoms with van der Waals surface area (Å²) in [5.41, 5.74) is 0.757. The van der Waals surface area contributed by atoms with Crippen molar-refractivity contribution in [3.63, 3.8) is 0 Å². The normalized spacial score (nSPS) is 27.7. The number of hydrogen-bond acceptors (Lipinski definition) is 2. The van der Waals surface area contributed by atoms with Gasteiger partial charge >= 0.3 is 5.97 Å². The van der Waals surface area contributed by atoms with Crippen LogP contribution in [0.25, 0.3) is 0 Å². The summed E-state index contributed by atoms with van der Waals surface area (Å²) in [6, 6.07) is 1.93. The Morgan fingerprint density at radius 3 is 2.73 bits per heavy atom. The van der Waals surface area contributed by atoms with Crippen LogP contribution in [0.15, 0.2) is 12.3 Å². The van der Waals surface area contributed by atoms with Gasteiger partial charge in [-0.15, -0.1) is 0 Å². The van der Waals surface area contributed by atoms with E-state index >= 15 is 0 Å². The van der Waals surface area contributed by atoms with Gasteiger partial charge in [0.25, 0.3) is 0 Å². The van der Waals surface area contributed by atoms with Crippen LogP contribution in [0, 0.1) is 11.3 Å². The van der Waals surface area contributed by atoms with Crippen molar-refractivity contribution in [2.75, 3.05) is 0 Å². The van der Waals surface area contributed by atoms with Crippen molar-refractivity contribution < 1.29 is 9.90 Å². The molecule has 0 saturated heterocycles. The number of carbonyl (C=O) groups is 1.